The molecule has 1 aromatic rings. The lowest BCUT2D eigenvalue weighted by Gasteiger charge is -2.39. The number of ether oxygens (including phenoxy) is 1. The Morgan fingerprint density at radius 2 is 2.32 bits per heavy atom. The maximum atomic E-state index is 5.83. The van der Waals surface area contributed by atoms with E-state index in [-0.39, 0.29) is 0 Å². The molecule has 0 amide bonds. The van der Waals surface area contributed by atoms with E-state index in [1.54, 1.807) is 0 Å². The van der Waals surface area contributed by atoms with Gasteiger partial charge in [-0.15, -0.1) is 0 Å². The Hall–Kier alpha value is -1.29. The van der Waals surface area contributed by atoms with Gasteiger partial charge in [0.25, 0.3) is 0 Å². The van der Waals surface area contributed by atoms with E-state index < -0.39 is 0 Å². The van der Waals surface area contributed by atoms with Crippen molar-refractivity contribution in [1.29, 1.82) is 0 Å². The van der Waals surface area contributed by atoms with Gasteiger partial charge in [0.15, 0.2) is 11.6 Å². The molecule has 0 spiro atoms. The van der Waals surface area contributed by atoms with Crippen molar-refractivity contribution in [2.24, 2.45) is 5.73 Å². The second-order valence-electron chi connectivity index (χ2n) is 5.09. The summed E-state index contributed by atoms with van der Waals surface area (Å²) >= 11 is 0. The van der Waals surface area contributed by atoms with Crippen LogP contribution in [0.1, 0.15) is 39.0 Å². The zero-order chi connectivity index (χ0) is 13.5. The average molecular weight is 263 g/mol. The first kappa shape index (κ1) is 14.1. The van der Waals surface area contributed by atoms with E-state index in [0.29, 0.717) is 6.04 Å². The topological polar surface area (TPSA) is 51.4 Å². The second-order valence-corrected chi connectivity index (χ2v) is 5.09. The molecule has 4 heteroatoms. The first-order valence-electron chi connectivity index (χ1n) is 7.41. The summed E-state index contributed by atoms with van der Waals surface area (Å²) in [4.78, 5) is 6.94. The molecular weight excluding hydrogens is 238 g/mol. The molecule has 0 unspecified atom stereocenters. The molecule has 2 N–H and O–H groups in total. The Labute approximate surface area is 116 Å². The lowest BCUT2D eigenvalue weighted by Crippen LogP contribution is -2.42. The van der Waals surface area contributed by atoms with Crippen molar-refractivity contribution in [2.45, 2.75) is 45.1 Å². The van der Waals surface area contributed by atoms with Crippen molar-refractivity contribution in [2.75, 3.05) is 24.6 Å². The molecule has 19 heavy (non-hydrogen) atoms. The minimum atomic E-state index is 0.616. The van der Waals surface area contributed by atoms with Crippen LogP contribution in [0.5, 0.6) is 5.75 Å². The van der Waals surface area contributed by atoms with Crippen molar-refractivity contribution in [1.82, 2.24) is 4.98 Å². The summed E-state index contributed by atoms with van der Waals surface area (Å²) in [6.45, 7) is 4.56. The fourth-order valence-electron chi connectivity index (χ4n) is 2.34. The van der Waals surface area contributed by atoms with Gasteiger partial charge < -0.3 is 15.4 Å². The van der Waals surface area contributed by atoms with E-state index in [0.717, 1.165) is 44.1 Å². The van der Waals surface area contributed by atoms with Gasteiger partial charge in [0.05, 0.1) is 6.61 Å². The van der Waals surface area contributed by atoms with Crippen molar-refractivity contribution >= 4 is 5.82 Å². The minimum Gasteiger partial charge on any atom is -0.490 e. The van der Waals surface area contributed by atoms with E-state index in [1.165, 1.54) is 19.3 Å². The second kappa shape index (κ2) is 7.34. The molecule has 0 bridgehead atoms. The monoisotopic (exact) mass is 263 g/mol. The van der Waals surface area contributed by atoms with Gasteiger partial charge in [-0.3, -0.25) is 0 Å². The van der Waals surface area contributed by atoms with Gasteiger partial charge in [-0.1, -0.05) is 6.92 Å². The summed E-state index contributed by atoms with van der Waals surface area (Å²) in [7, 11) is 0. The van der Waals surface area contributed by atoms with Crippen LogP contribution in [0.4, 0.5) is 5.82 Å². The SMILES string of the molecule is CCCOc1cccnc1N(CCCN)C1CCC1. The number of aromatic nitrogens is 1. The van der Waals surface area contributed by atoms with Gasteiger partial charge in [0.1, 0.15) is 0 Å². The van der Waals surface area contributed by atoms with Crippen molar-refractivity contribution in [3.05, 3.63) is 18.3 Å². The van der Waals surface area contributed by atoms with E-state index in [4.69, 9.17) is 10.5 Å². The fraction of sp³-hybridized carbons (Fsp3) is 0.667. The molecule has 4 nitrogen and oxygen atoms in total. The summed E-state index contributed by atoms with van der Waals surface area (Å²) in [6, 6.07) is 4.58. The highest BCUT2D eigenvalue weighted by Crippen LogP contribution is 2.33. The van der Waals surface area contributed by atoms with Gasteiger partial charge in [0.2, 0.25) is 0 Å². The van der Waals surface area contributed by atoms with Crippen LogP contribution in [0.3, 0.4) is 0 Å². The van der Waals surface area contributed by atoms with E-state index in [2.05, 4.69) is 16.8 Å². The highest BCUT2D eigenvalue weighted by molar-refractivity contribution is 5.53. The van der Waals surface area contributed by atoms with E-state index in [1.807, 2.05) is 18.3 Å². The molecule has 1 aliphatic rings. The first-order chi connectivity index (χ1) is 9.36. The Balaban J connectivity index is 2.14. The number of nitrogens with two attached hydrogens (primary N) is 1. The summed E-state index contributed by atoms with van der Waals surface area (Å²) in [5, 5.41) is 0. The quantitative estimate of drug-likeness (QED) is 0.783. The van der Waals surface area contributed by atoms with Gasteiger partial charge in [-0.05, 0) is 50.8 Å². The molecule has 1 aromatic heterocycles. The van der Waals surface area contributed by atoms with Gasteiger partial charge in [-0.25, -0.2) is 4.98 Å². The molecule has 0 saturated heterocycles. The summed E-state index contributed by atoms with van der Waals surface area (Å²) < 4.78 is 5.83. The lowest BCUT2D eigenvalue weighted by molar-refractivity contribution is 0.311. The predicted octanol–water partition coefficient (Wildman–Crippen LogP) is 2.58. The van der Waals surface area contributed by atoms with Gasteiger partial charge in [0, 0.05) is 18.8 Å². The van der Waals surface area contributed by atoms with Crippen LogP contribution in [-0.2, 0) is 0 Å². The van der Waals surface area contributed by atoms with Crippen LogP contribution in [0.2, 0.25) is 0 Å². The van der Waals surface area contributed by atoms with Crippen molar-refractivity contribution in [3.8, 4) is 5.75 Å². The molecule has 0 aromatic carbocycles. The third kappa shape index (κ3) is 3.60. The smallest absolute Gasteiger partial charge is 0.171 e. The van der Waals surface area contributed by atoms with Crippen LogP contribution in [0.15, 0.2) is 18.3 Å². The Morgan fingerprint density at radius 3 is 2.95 bits per heavy atom. The Bertz CT molecular complexity index is 379. The number of anilines is 1. The first-order valence-corrected chi connectivity index (χ1v) is 7.41. The Kier molecular flexibility index (Phi) is 5.45. The number of nitrogens with zero attached hydrogens (tertiary/aromatic N) is 2. The van der Waals surface area contributed by atoms with Crippen LogP contribution >= 0.6 is 0 Å². The van der Waals surface area contributed by atoms with Crippen LogP contribution in [0, 0.1) is 0 Å². The number of rotatable bonds is 8. The largest absolute Gasteiger partial charge is 0.490 e. The molecule has 0 aliphatic heterocycles. The van der Waals surface area contributed by atoms with E-state index in [9.17, 15) is 0 Å². The molecule has 1 saturated carbocycles. The van der Waals surface area contributed by atoms with Crippen LogP contribution in [0.25, 0.3) is 0 Å². The molecule has 1 fully saturated rings. The van der Waals surface area contributed by atoms with Crippen molar-refractivity contribution in [3.63, 3.8) is 0 Å². The summed E-state index contributed by atoms with van der Waals surface area (Å²) in [5.74, 6) is 1.90. The zero-order valence-corrected chi connectivity index (χ0v) is 11.8. The van der Waals surface area contributed by atoms with E-state index >= 15 is 0 Å². The number of hydrogen-bond donors (Lipinski definition) is 1. The zero-order valence-electron chi connectivity index (χ0n) is 11.8. The van der Waals surface area contributed by atoms with Gasteiger partial charge in [-0.2, -0.15) is 0 Å². The average Bonchev–Trinajstić information content (AvgIpc) is 2.39. The number of hydrogen-bond acceptors (Lipinski definition) is 4. The van der Waals surface area contributed by atoms with Crippen LogP contribution in [-0.4, -0.2) is 30.7 Å². The highest BCUT2D eigenvalue weighted by atomic mass is 16.5. The maximum Gasteiger partial charge on any atom is 0.171 e. The van der Waals surface area contributed by atoms with Gasteiger partial charge >= 0.3 is 0 Å². The lowest BCUT2D eigenvalue weighted by atomic mass is 9.91. The molecule has 0 atom stereocenters. The highest BCUT2D eigenvalue weighted by Gasteiger charge is 2.27. The summed E-state index contributed by atoms with van der Waals surface area (Å²) in [5.41, 5.74) is 5.65. The predicted molar refractivity (Wildman–Crippen MR) is 78.7 cm³/mol. The van der Waals surface area contributed by atoms with Crippen molar-refractivity contribution < 1.29 is 4.74 Å². The molecular formula is C15H25N3O. The van der Waals surface area contributed by atoms with Crippen LogP contribution < -0.4 is 15.4 Å². The molecule has 0 radical (unpaired) electrons. The number of pyridine rings is 1. The fourth-order valence-corrected chi connectivity index (χ4v) is 2.34. The normalized spacial score (nSPS) is 15.1. The maximum absolute atomic E-state index is 5.83. The third-order valence-electron chi connectivity index (χ3n) is 3.60. The molecule has 1 aliphatic carbocycles. The standard InChI is InChI=1S/C15H25N3O/c1-2-12-19-14-8-4-10-17-15(14)18(11-5-9-16)13-6-3-7-13/h4,8,10,13H,2-3,5-7,9,11-12,16H2,1H3. The summed E-state index contributed by atoms with van der Waals surface area (Å²) in [6.07, 6.45) is 7.70. The minimum absolute atomic E-state index is 0.616. The molecule has 2 rings (SSSR count). The molecule has 1 heterocycles. The molecule has 106 valence electrons. The third-order valence-corrected chi connectivity index (χ3v) is 3.60. The Morgan fingerprint density at radius 1 is 1.47 bits per heavy atom.